The number of hydrogen-bond donors (Lipinski definition) is 2. The molecule has 0 saturated heterocycles. The van der Waals surface area contributed by atoms with Crippen molar-refractivity contribution in [1.29, 1.82) is 5.26 Å². The van der Waals surface area contributed by atoms with Crippen molar-refractivity contribution in [2.75, 3.05) is 0 Å². The lowest BCUT2D eigenvalue weighted by atomic mass is 9.93. The van der Waals surface area contributed by atoms with E-state index in [1.807, 2.05) is 0 Å². The summed E-state index contributed by atoms with van der Waals surface area (Å²) in [6.07, 6.45) is -5.54. The Bertz CT molecular complexity index is 1050. The predicted octanol–water partition coefficient (Wildman–Crippen LogP) is 3.80. The normalized spacial score (nSPS) is 28.7. The summed E-state index contributed by atoms with van der Waals surface area (Å²) in [5.41, 5.74) is -7.40. The van der Waals surface area contributed by atoms with Crippen molar-refractivity contribution in [2.24, 2.45) is 0 Å². The SMILES string of the molecule is N#Cc1cc(F)cc(Oc2ccc3c4c2[C@H](O)[C@H](F)[C@]4(O)C(F)(F)C3(F)F)c1. The lowest BCUT2D eigenvalue weighted by Gasteiger charge is -2.32. The van der Waals surface area contributed by atoms with E-state index in [2.05, 4.69) is 0 Å². The molecule has 0 fully saturated rings. The molecule has 0 aromatic heterocycles. The summed E-state index contributed by atoms with van der Waals surface area (Å²) in [4.78, 5) is 0. The molecule has 10 heteroatoms. The molecule has 2 N–H and O–H groups in total. The summed E-state index contributed by atoms with van der Waals surface area (Å²) in [6, 6.07) is 5.70. The van der Waals surface area contributed by atoms with E-state index in [1.165, 1.54) is 0 Å². The second-order valence-electron chi connectivity index (χ2n) is 6.55. The molecular weight excluding hydrogens is 392 g/mol. The Hall–Kier alpha value is -2.77. The molecule has 2 aliphatic rings. The maximum atomic E-state index is 14.5. The van der Waals surface area contributed by atoms with Gasteiger partial charge in [0, 0.05) is 22.8 Å². The molecule has 0 amide bonds. The van der Waals surface area contributed by atoms with Crippen molar-refractivity contribution in [3.63, 3.8) is 0 Å². The van der Waals surface area contributed by atoms with Gasteiger partial charge in [0.1, 0.15) is 23.4 Å². The first-order chi connectivity index (χ1) is 13.0. The number of rotatable bonds is 2. The molecule has 2 aliphatic carbocycles. The highest BCUT2D eigenvalue weighted by Crippen LogP contribution is 2.68. The average molecular weight is 401 g/mol. The fourth-order valence-corrected chi connectivity index (χ4v) is 3.72. The van der Waals surface area contributed by atoms with Crippen LogP contribution in [-0.4, -0.2) is 22.3 Å². The fourth-order valence-electron chi connectivity index (χ4n) is 3.72. The molecule has 2 aromatic rings. The predicted molar refractivity (Wildman–Crippen MR) is 80.2 cm³/mol. The Morgan fingerprint density at radius 3 is 2.43 bits per heavy atom. The molecule has 0 saturated carbocycles. The van der Waals surface area contributed by atoms with Crippen LogP contribution in [0.3, 0.4) is 0 Å². The molecule has 0 unspecified atom stereocenters. The number of aliphatic hydroxyl groups is 2. The van der Waals surface area contributed by atoms with Crippen LogP contribution in [0.1, 0.15) is 28.4 Å². The summed E-state index contributed by atoms with van der Waals surface area (Å²) in [5, 5.41) is 29.1. The highest BCUT2D eigenvalue weighted by Gasteiger charge is 2.82. The molecule has 4 rings (SSSR count). The lowest BCUT2D eigenvalue weighted by Crippen LogP contribution is -2.53. The second-order valence-corrected chi connectivity index (χ2v) is 6.55. The maximum Gasteiger partial charge on any atom is 0.349 e. The van der Waals surface area contributed by atoms with Gasteiger partial charge in [-0.05, 0) is 24.3 Å². The van der Waals surface area contributed by atoms with Crippen LogP contribution >= 0.6 is 0 Å². The van der Waals surface area contributed by atoms with Crippen LogP contribution < -0.4 is 4.74 Å². The number of alkyl halides is 5. The van der Waals surface area contributed by atoms with Crippen molar-refractivity contribution < 1.29 is 41.3 Å². The zero-order valence-corrected chi connectivity index (χ0v) is 13.6. The van der Waals surface area contributed by atoms with E-state index in [-0.39, 0.29) is 11.3 Å². The van der Waals surface area contributed by atoms with E-state index in [4.69, 9.17) is 10.00 Å². The van der Waals surface area contributed by atoms with E-state index < -0.39 is 58.0 Å². The van der Waals surface area contributed by atoms with E-state index in [0.717, 1.165) is 24.3 Å². The first kappa shape index (κ1) is 18.6. The van der Waals surface area contributed by atoms with Crippen molar-refractivity contribution in [2.45, 2.75) is 29.7 Å². The average Bonchev–Trinajstić information content (AvgIpc) is 2.90. The van der Waals surface area contributed by atoms with Gasteiger partial charge in [0.2, 0.25) is 0 Å². The molecule has 0 radical (unpaired) electrons. The first-order valence-electron chi connectivity index (χ1n) is 7.83. The third-order valence-electron chi connectivity index (χ3n) is 5.00. The molecule has 0 heterocycles. The van der Waals surface area contributed by atoms with Gasteiger partial charge in [0.15, 0.2) is 11.8 Å². The van der Waals surface area contributed by atoms with Crippen LogP contribution in [0.2, 0.25) is 0 Å². The molecule has 2 aromatic carbocycles. The fraction of sp³-hybridized carbons (Fsp3) is 0.278. The van der Waals surface area contributed by atoms with Gasteiger partial charge >= 0.3 is 11.8 Å². The van der Waals surface area contributed by atoms with Crippen LogP contribution in [0.15, 0.2) is 30.3 Å². The molecule has 0 spiro atoms. The van der Waals surface area contributed by atoms with Gasteiger partial charge in [-0.2, -0.15) is 22.8 Å². The summed E-state index contributed by atoms with van der Waals surface area (Å²) >= 11 is 0. The van der Waals surface area contributed by atoms with Crippen LogP contribution in [0.5, 0.6) is 11.5 Å². The van der Waals surface area contributed by atoms with E-state index in [9.17, 15) is 36.6 Å². The first-order valence-corrected chi connectivity index (χ1v) is 7.83. The Morgan fingerprint density at radius 1 is 1.11 bits per heavy atom. The van der Waals surface area contributed by atoms with Gasteiger partial charge in [-0.15, -0.1) is 0 Å². The standard InChI is InChI=1S/C18H9F6NO3/c19-8-3-7(6-25)4-9(5-8)28-11-2-1-10-13-12(11)14(26)15(20)16(13,27)18(23,24)17(10,21)22/h1-5,14-15,26-27H/t14-,15-,16-/m0/s1. The third-order valence-corrected chi connectivity index (χ3v) is 5.00. The molecule has 4 nitrogen and oxygen atoms in total. The van der Waals surface area contributed by atoms with Gasteiger partial charge in [0.25, 0.3) is 0 Å². The van der Waals surface area contributed by atoms with Crippen LogP contribution in [0.25, 0.3) is 0 Å². The third kappa shape index (κ3) is 1.98. The smallest absolute Gasteiger partial charge is 0.349 e. The molecule has 3 atom stereocenters. The van der Waals surface area contributed by atoms with Gasteiger partial charge < -0.3 is 14.9 Å². The number of benzene rings is 2. The number of ether oxygens (including phenoxy) is 1. The number of nitriles is 1. The molecule has 146 valence electrons. The summed E-state index contributed by atoms with van der Waals surface area (Å²) in [6.45, 7) is 0. The molecule has 0 bridgehead atoms. The maximum absolute atomic E-state index is 14.5. The van der Waals surface area contributed by atoms with E-state index >= 15 is 0 Å². The van der Waals surface area contributed by atoms with Crippen molar-refractivity contribution >= 4 is 0 Å². The quantitative estimate of drug-likeness (QED) is 0.751. The topological polar surface area (TPSA) is 73.5 Å². The van der Waals surface area contributed by atoms with Gasteiger partial charge in [-0.25, -0.2) is 8.78 Å². The molecule has 28 heavy (non-hydrogen) atoms. The van der Waals surface area contributed by atoms with E-state index in [0.29, 0.717) is 6.07 Å². The monoisotopic (exact) mass is 401 g/mol. The Balaban J connectivity index is 1.92. The minimum atomic E-state index is -5.22. The molecular formula is C18H9F6NO3. The van der Waals surface area contributed by atoms with Crippen LogP contribution in [0, 0.1) is 17.1 Å². The Morgan fingerprint density at radius 2 is 1.79 bits per heavy atom. The zero-order chi connectivity index (χ0) is 20.6. The van der Waals surface area contributed by atoms with Gasteiger partial charge in [-0.3, -0.25) is 0 Å². The Labute approximate surface area is 153 Å². The van der Waals surface area contributed by atoms with Crippen molar-refractivity contribution in [3.05, 3.63) is 58.4 Å². The minimum Gasteiger partial charge on any atom is -0.457 e. The number of hydrogen-bond acceptors (Lipinski definition) is 4. The summed E-state index contributed by atoms with van der Waals surface area (Å²) < 4.78 is 90.1. The van der Waals surface area contributed by atoms with Crippen LogP contribution in [-0.2, 0) is 11.5 Å². The Kier molecular flexibility index (Phi) is 3.58. The van der Waals surface area contributed by atoms with Gasteiger partial charge in [-0.1, -0.05) is 0 Å². The second kappa shape index (κ2) is 5.40. The lowest BCUT2D eigenvalue weighted by molar-refractivity contribution is -0.304. The highest BCUT2D eigenvalue weighted by molar-refractivity contribution is 5.61. The number of halogens is 6. The van der Waals surface area contributed by atoms with Crippen molar-refractivity contribution in [1.82, 2.24) is 0 Å². The minimum absolute atomic E-state index is 0.161. The molecule has 0 aliphatic heterocycles. The summed E-state index contributed by atoms with van der Waals surface area (Å²) in [7, 11) is 0. The van der Waals surface area contributed by atoms with Crippen molar-refractivity contribution in [3.8, 4) is 17.6 Å². The largest absolute Gasteiger partial charge is 0.457 e. The van der Waals surface area contributed by atoms with Crippen LogP contribution in [0.4, 0.5) is 26.3 Å². The van der Waals surface area contributed by atoms with E-state index in [1.54, 1.807) is 6.07 Å². The zero-order valence-electron chi connectivity index (χ0n) is 13.6. The highest BCUT2D eigenvalue weighted by atomic mass is 19.3. The summed E-state index contributed by atoms with van der Waals surface area (Å²) in [5.74, 6) is -11.8. The van der Waals surface area contributed by atoms with Gasteiger partial charge in [0.05, 0.1) is 11.6 Å². The number of nitrogens with zero attached hydrogens (tertiary/aromatic N) is 1. The number of aliphatic hydroxyl groups excluding tert-OH is 1.